The molecular weight excluding hydrogens is 430 g/mol. The van der Waals surface area contributed by atoms with Crippen molar-refractivity contribution in [3.8, 4) is 17.3 Å². The van der Waals surface area contributed by atoms with Crippen molar-refractivity contribution in [3.05, 3.63) is 76.2 Å². The lowest BCUT2D eigenvalue weighted by Crippen LogP contribution is -2.04. The molecule has 2 aromatic carbocycles. The molecule has 1 fully saturated rings. The number of rotatable bonds is 7. The van der Waals surface area contributed by atoms with E-state index in [9.17, 15) is 10.1 Å². The van der Waals surface area contributed by atoms with Crippen molar-refractivity contribution in [3.63, 3.8) is 0 Å². The van der Waals surface area contributed by atoms with Gasteiger partial charge in [0.05, 0.1) is 17.9 Å². The van der Waals surface area contributed by atoms with E-state index in [1.165, 1.54) is 49.0 Å². The SMILES string of the molecule is CCOC(=O)c1ccc(N/C=C(\C#N)c2nc(-c3ccc(C4CCCCC4)cc3)cs2)cc1. The molecule has 0 spiro atoms. The van der Waals surface area contributed by atoms with E-state index in [0.29, 0.717) is 28.7 Å². The Morgan fingerprint density at radius 1 is 1.15 bits per heavy atom. The molecule has 1 N–H and O–H groups in total. The van der Waals surface area contributed by atoms with E-state index >= 15 is 0 Å². The molecule has 1 aliphatic rings. The number of benzene rings is 2. The maximum absolute atomic E-state index is 11.8. The zero-order chi connectivity index (χ0) is 23.0. The molecule has 0 bridgehead atoms. The Morgan fingerprint density at radius 2 is 1.88 bits per heavy atom. The summed E-state index contributed by atoms with van der Waals surface area (Å²) in [6, 6.07) is 17.9. The molecule has 1 aliphatic carbocycles. The highest BCUT2D eigenvalue weighted by Gasteiger charge is 2.16. The number of nitrogens with one attached hydrogen (secondary N) is 1. The van der Waals surface area contributed by atoms with Crippen molar-refractivity contribution >= 4 is 28.6 Å². The minimum Gasteiger partial charge on any atom is -0.462 e. The Bertz CT molecular complexity index is 1150. The molecule has 0 amide bonds. The molecule has 0 unspecified atom stereocenters. The van der Waals surface area contributed by atoms with Crippen LogP contribution < -0.4 is 5.32 Å². The third-order valence-electron chi connectivity index (χ3n) is 5.92. The molecule has 1 heterocycles. The van der Waals surface area contributed by atoms with Crippen LogP contribution in [-0.4, -0.2) is 17.6 Å². The standard InChI is InChI=1S/C27H27N3O2S/c1-2-32-27(31)22-12-14-24(15-13-22)29-17-23(16-28)26-30-25(18-33-26)21-10-8-20(9-11-21)19-6-4-3-5-7-19/h8-15,17-19,29H,2-7H2,1H3/b23-17+. The molecule has 1 aromatic heterocycles. The van der Waals surface area contributed by atoms with Crippen LogP contribution in [0.4, 0.5) is 5.69 Å². The fraction of sp³-hybridized carbons (Fsp3) is 0.296. The minimum atomic E-state index is -0.348. The fourth-order valence-corrected chi connectivity index (χ4v) is 4.90. The monoisotopic (exact) mass is 457 g/mol. The third-order valence-corrected chi connectivity index (χ3v) is 6.79. The lowest BCUT2D eigenvalue weighted by Gasteiger charge is -2.22. The van der Waals surface area contributed by atoms with Gasteiger partial charge in [-0.3, -0.25) is 0 Å². The molecule has 0 radical (unpaired) electrons. The first-order valence-corrected chi connectivity index (χ1v) is 12.3. The van der Waals surface area contributed by atoms with Crippen LogP contribution in [0.1, 0.15) is 65.9 Å². The predicted octanol–water partition coefficient (Wildman–Crippen LogP) is 7.01. The van der Waals surface area contributed by atoms with Gasteiger partial charge in [0.1, 0.15) is 16.6 Å². The normalized spacial score (nSPS) is 14.5. The average molecular weight is 458 g/mol. The summed E-state index contributed by atoms with van der Waals surface area (Å²) in [7, 11) is 0. The minimum absolute atomic E-state index is 0.341. The fourth-order valence-electron chi connectivity index (χ4n) is 4.11. The summed E-state index contributed by atoms with van der Waals surface area (Å²) in [6.45, 7) is 2.12. The van der Waals surface area contributed by atoms with Crippen LogP contribution in [0, 0.1) is 11.3 Å². The number of hydrogen-bond acceptors (Lipinski definition) is 6. The Kier molecular flexibility index (Phi) is 7.54. The Balaban J connectivity index is 1.43. The van der Waals surface area contributed by atoms with Gasteiger partial charge in [-0.15, -0.1) is 11.3 Å². The lowest BCUT2D eigenvalue weighted by molar-refractivity contribution is 0.0526. The van der Waals surface area contributed by atoms with Crippen molar-refractivity contribution in [2.24, 2.45) is 0 Å². The summed E-state index contributed by atoms with van der Waals surface area (Å²) < 4.78 is 5.00. The van der Waals surface area contributed by atoms with Crippen LogP contribution in [0.25, 0.3) is 16.8 Å². The van der Waals surface area contributed by atoms with Crippen LogP contribution in [0.2, 0.25) is 0 Å². The number of nitrogens with zero attached hydrogens (tertiary/aromatic N) is 2. The highest BCUT2D eigenvalue weighted by atomic mass is 32.1. The Labute approximate surface area is 198 Å². The molecule has 33 heavy (non-hydrogen) atoms. The smallest absolute Gasteiger partial charge is 0.338 e. The van der Waals surface area contributed by atoms with Gasteiger partial charge in [0.15, 0.2) is 0 Å². The van der Waals surface area contributed by atoms with Crippen LogP contribution >= 0.6 is 11.3 Å². The first-order chi connectivity index (χ1) is 16.2. The van der Waals surface area contributed by atoms with Gasteiger partial charge in [-0.25, -0.2) is 9.78 Å². The number of aromatic nitrogens is 1. The second-order valence-corrected chi connectivity index (χ2v) is 8.96. The lowest BCUT2D eigenvalue weighted by atomic mass is 9.84. The first kappa shape index (κ1) is 22.8. The second-order valence-electron chi connectivity index (χ2n) is 8.11. The molecule has 0 saturated heterocycles. The first-order valence-electron chi connectivity index (χ1n) is 11.4. The number of anilines is 1. The van der Waals surface area contributed by atoms with Crippen molar-refractivity contribution in [1.29, 1.82) is 5.26 Å². The van der Waals surface area contributed by atoms with Gasteiger partial charge in [-0.1, -0.05) is 43.5 Å². The summed E-state index contributed by atoms with van der Waals surface area (Å²) in [5.74, 6) is 0.337. The number of ether oxygens (including phenoxy) is 1. The molecule has 3 aromatic rings. The molecule has 0 atom stereocenters. The van der Waals surface area contributed by atoms with Crippen LogP contribution in [0.5, 0.6) is 0 Å². The van der Waals surface area contributed by atoms with Crippen molar-refractivity contribution < 1.29 is 9.53 Å². The summed E-state index contributed by atoms with van der Waals surface area (Å²) in [5.41, 5.74) is 5.09. The predicted molar refractivity (Wildman–Crippen MR) is 133 cm³/mol. The highest BCUT2D eigenvalue weighted by molar-refractivity contribution is 7.11. The van der Waals surface area contributed by atoms with Crippen molar-refractivity contribution in [2.75, 3.05) is 11.9 Å². The third kappa shape index (κ3) is 5.68. The average Bonchev–Trinajstić information content (AvgIpc) is 3.36. The Morgan fingerprint density at radius 3 is 2.55 bits per heavy atom. The molecular formula is C27H27N3O2S. The van der Waals surface area contributed by atoms with E-state index in [1.54, 1.807) is 37.4 Å². The zero-order valence-electron chi connectivity index (χ0n) is 18.7. The van der Waals surface area contributed by atoms with Gasteiger partial charge >= 0.3 is 5.97 Å². The summed E-state index contributed by atoms with van der Waals surface area (Å²) >= 11 is 1.45. The maximum atomic E-state index is 11.8. The van der Waals surface area contributed by atoms with Crippen LogP contribution in [0.15, 0.2) is 60.1 Å². The van der Waals surface area contributed by atoms with Crippen LogP contribution in [-0.2, 0) is 4.74 Å². The quantitative estimate of drug-likeness (QED) is 0.305. The van der Waals surface area contributed by atoms with Gasteiger partial charge in [-0.05, 0) is 55.5 Å². The number of hydrogen-bond donors (Lipinski definition) is 1. The zero-order valence-corrected chi connectivity index (χ0v) is 19.5. The van der Waals surface area contributed by atoms with Gasteiger partial charge in [0, 0.05) is 22.8 Å². The molecule has 168 valence electrons. The topological polar surface area (TPSA) is 75.0 Å². The molecule has 5 nitrogen and oxygen atoms in total. The highest BCUT2D eigenvalue weighted by Crippen LogP contribution is 2.34. The second kappa shape index (κ2) is 10.9. The van der Waals surface area contributed by atoms with Crippen molar-refractivity contribution in [1.82, 2.24) is 4.98 Å². The largest absolute Gasteiger partial charge is 0.462 e. The summed E-state index contributed by atoms with van der Waals surface area (Å²) in [6.07, 6.45) is 8.24. The molecule has 6 heteroatoms. The van der Waals surface area contributed by atoms with E-state index in [0.717, 1.165) is 16.9 Å². The number of thiazole rings is 1. The van der Waals surface area contributed by atoms with E-state index in [2.05, 4.69) is 35.7 Å². The van der Waals surface area contributed by atoms with E-state index in [1.807, 2.05) is 5.38 Å². The molecule has 0 aliphatic heterocycles. The number of carbonyl (C=O) groups excluding carboxylic acids is 1. The molecule has 1 saturated carbocycles. The number of allylic oxidation sites excluding steroid dienone is 1. The maximum Gasteiger partial charge on any atom is 0.338 e. The van der Waals surface area contributed by atoms with Gasteiger partial charge in [-0.2, -0.15) is 5.26 Å². The van der Waals surface area contributed by atoms with E-state index in [-0.39, 0.29) is 5.97 Å². The van der Waals surface area contributed by atoms with Gasteiger partial charge in [0.2, 0.25) is 0 Å². The Hall–Kier alpha value is -3.43. The number of nitriles is 1. The van der Waals surface area contributed by atoms with Crippen LogP contribution in [0.3, 0.4) is 0 Å². The van der Waals surface area contributed by atoms with E-state index < -0.39 is 0 Å². The summed E-state index contributed by atoms with van der Waals surface area (Å²) in [5, 5.41) is 15.4. The van der Waals surface area contributed by atoms with E-state index in [4.69, 9.17) is 9.72 Å². The van der Waals surface area contributed by atoms with Crippen molar-refractivity contribution in [2.45, 2.75) is 44.9 Å². The van der Waals surface area contributed by atoms with Gasteiger partial charge in [0.25, 0.3) is 0 Å². The summed E-state index contributed by atoms with van der Waals surface area (Å²) in [4.78, 5) is 16.5. The molecule has 4 rings (SSSR count). The number of esters is 1. The number of carbonyl (C=O) groups is 1. The van der Waals surface area contributed by atoms with Gasteiger partial charge < -0.3 is 10.1 Å².